The molecule has 0 saturated carbocycles. The Morgan fingerprint density at radius 3 is 2.43 bits per heavy atom. The lowest BCUT2D eigenvalue weighted by Gasteiger charge is -2.07. The van der Waals surface area contributed by atoms with Crippen LogP contribution in [0.3, 0.4) is 0 Å². The minimum absolute atomic E-state index is 0.192. The van der Waals surface area contributed by atoms with Gasteiger partial charge in [-0.15, -0.1) is 11.6 Å². The number of alkyl halides is 1. The summed E-state index contributed by atoms with van der Waals surface area (Å²) in [4.78, 5) is 0. The third-order valence-electron chi connectivity index (χ3n) is 1.84. The third kappa shape index (κ3) is 8.78. The van der Waals surface area contributed by atoms with Crippen LogP contribution in [0.5, 0.6) is 0 Å². The highest BCUT2D eigenvalue weighted by Gasteiger charge is 2.08. The Morgan fingerprint density at radius 2 is 1.93 bits per heavy atom. The Balaban J connectivity index is 3.62. The number of unbranched alkanes of at least 4 members (excludes halogenated alkanes) is 1. The first kappa shape index (κ1) is 14.2. The molecule has 0 aromatic carbocycles. The second-order valence-electron chi connectivity index (χ2n) is 3.79. The molecule has 0 atom stereocenters. The molecule has 0 amide bonds. The predicted molar refractivity (Wildman–Crippen MR) is 61.2 cm³/mol. The lowest BCUT2D eigenvalue weighted by Crippen LogP contribution is -2.28. The normalized spacial score (nSPS) is 12.3. The van der Waals surface area contributed by atoms with Gasteiger partial charge < -0.3 is 0 Å². The van der Waals surface area contributed by atoms with Crippen LogP contribution in [0.25, 0.3) is 0 Å². The molecule has 14 heavy (non-hydrogen) atoms. The van der Waals surface area contributed by atoms with Crippen LogP contribution in [-0.4, -0.2) is 26.6 Å². The minimum Gasteiger partial charge on any atom is -0.215 e. The van der Waals surface area contributed by atoms with Crippen molar-refractivity contribution in [3.8, 4) is 0 Å². The number of sulfonamides is 1. The number of hydrogen-bond acceptors (Lipinski definition) is 2. The Morgan fingerprint density at radius 1 is 1.29 bits per heavy atom. The van der Waals surface area contributed by atoms with Crippen molar-refractivity contribution in [2.45, 2.75) is 33.1 Å². The van der Waals surface area contributed by atoms with E-state index in [0.717, 1.165) is 12.8 Å². The lowest BCUT2D eigenvalue weighted by molar-refractivity contribution is 0.550. The molecule has 0 aromatic rings. The summed E-state index contributed by atoms with van der Waals surface area (Å²) in [5.41, 5.74) is 0. The Kier molecular flexibility index (Phi) is 7.59. The monoisotopic (exact) mass is 241 g/mol. The predicted octanol–water partition coefficient (Wildman–Crippen LogP) is 1.97. The van der Waals surface area contributed by atoms with Crippen molar-refractivity contribution < 1.29 is 8.42 Å². The summed E-state index contributed by atoms with van der Waals surface area (Å²) in [5, 5.41) is 0. The molecule has 0 fully saturated rings. The summed E-state index contributed by atoms with van der Waals surface area (Å²) in [7, 11) is -3.06. The fourth-order valence-corrected chi connectivity index (χ4v) is 2.31. The van der Waals surface area contributed by atoms with Gasteiger partial charge in [0.15, 0.2) is 0 Å². The van der Waals surface area contributed by atoms with Crippen molar-refractivity contribution in [1.29, 1.82) is 0 Å². The molecule has 0 rings (SSSR count). The highest BCUT2D eigenvalue weighted by molar-refractivity contribution is 7.89. The van der Waals surface area contributed by atoms with E-state index in [1.165, 1.54) is 0 Å². The van der Waals surface area contributed by atoms with E-state index < -0.39 is 10.0 Å². The average Bonchev–Trinajstić information content (AvgIpc) is 2.03. The van der Waals surface area contributed by atoms with Crippen LogP contribution in [0.15, 0.2) is 0 Å². The van der Waals surface area contributed by atoms with Crippen molar-refractivity contribution in [2.75, 3.05) is 18.2 Å². The maximum absolute atomic E-state index is 11.3. The molecule has 0 aliphatic carbocycles. The zero-order valence-corrected chi connectivity index (χ0v) is 10.5. The molecule has 0 unspecified atom stereocenters. The number of nitrogens with one attached hydrogen (secondary N) is 1. The summed E-state index contributed by atoms with van der Waals surface area (Å²) >= 11 is 5.46. The molecule has 3 nitrogen and oxygen atoms in total. The van der Waals surface area contributed by atoms with Crippen LogP contribution in [0.1, 0.15) is 33.1 Å². The minimum atomic E-state index is -3.06. The highest BCUT2D eigenvalue weighted by atomic mass is 35.5. The van der Waals surface area contributed by atoms with Gasteiger partial charge in [0, 0.05) is 12.4 Å². The molecular weight excluding hydrogens is 222 g/mol. The molecule has 0 aliphatic heterocycles. The topological polar surface area (TPSA) is 46.2 Å². The van der Waals surface area contributed by atoms with Gasteiger partial charge in [-0.25, -0.2) is 13.1 Å². The van der Waals surface area contributed by atoms with Crippen LogP contribution in [-0.2, 0) is 10.0 Å². The largest absolute Gasteiger partial charge is 0.215 e. The lowest BCUT2D eigenvalue weighted by atomic mass is 10.1. The zero-order chi connectivity index (χ0) is 11.0. The van der Waals surface area contributed by atoms with Gasteiger partial charge >= 0.3 is 0 Å². The first-order valence-corrected chi connectivity index (χ1v) is 7.20. The zero-order valence-electron chi connectivity index (χ0n) is 8.92. The van der Waals surface area contributed by atoms with Crippen LogP contribution in [0.2, 0.25) is 0 Å². The fraction of sp³-hybridized carbons (Fsp3) is 1.00. The second-order valence-corrected chi connectivity index (χ2v) is 6.10. The van der Waals surface area contributed by atoms with Gasteiger partial charge in [0.05, 0.1) is 5.75 Å². The van der Waals surface area contributed by atoms with Gasteiger partial charge in [-0.2, -0.15) is 0 Å². The van der Waals surface area contributed by atoms with Crippen molar-refractivity contribution >= 4 is 21.6 Å². The molecule has 0 spiro atoms. The van der Waals surface area contributed by atoms with Crippen LogP contribution >= 0.6 is 11.6 Å². The van der Waals surface area contributed by atoms with Crippen LogP contribution in [0, 0.1) is 5.92 Å². The van der Waals surface area contributed by atoms with Gasteiger partial charge in [0.2, 0.25) is 10.0 Å². The summed E-state index contributed by atoms with van der Waals surface area (Å²) in [5.74, 6) is 1.25. The average molecular weight is 242 g/mol. The SMILES string of the molecule is CC(C)CCNS(=O)(=O)CCCCCl. The molecule has 0 aromatic heterocycles. The molecule has 86 valence electrons. The van der Waals surface area contributed by atoms with Crippen molar-refractivity contribution in [3.63, 3.8) is 0 Å². The van der Waals surface area contributed by atoms with E-state index in [1.54, 1.807) is 0 Å². The van der Waals surface area contributed by atoms with E-state index in [9.17, 15) is 8.42 Å². The van der Waals surface area contributed by atoms with Crippen molar-refractivity contribution in [3.05, 3.63) is 0 Å². The Bertz CT molecular complexity index is 227. The van der Waals surface area contributed by atoms with E-state index >= 15 is 0 Å². The van der Waals surface area contributed by atoms with Gasteiger partial charge in [-0.05, 0) is 25.2 Å². The standard InChI is InChI=1S/C9H20ClNO2S/c1-9(2)5-7-11-14(12,13)8-4-3-6-10/h9,11H,3-8H2,1-2H3. The van der Waals surface area contributed by atoms with Gasteiger partial charge in [0.1, 0.15) is 0 Å². The van der Waals surface area contributed by atoms with E-state index in [0.29, 0.717) is 24.8 Å². The smallest absolute Gasteiger partial charge is 0.211 e. The molecule has 0 bridgehead atoms. The fourth-order valence-electron chi connectivity index (χ4n) is 0.962. The first-order chi connectivity index (χ1) is 6.48. The van der Waals surface area contributed by atoms with Crippen molar-refractivity contribution in [1.82, 2.24) is 4.72 Å². The summed E-state index contributed by atoms with van der Waals surface area (Å²) in [6.45, 7) is 4.68. The summed E-state index contributed by atoms with van der Waals surface area (Å²) < 4.78 is 25.2. The van der Waals surface area contributed by atoms with Gasteiger partial charge in [0.25, 0.3) is 0 Å². The Labute approximate surface area is 92.3 Å². The summed E-state index contributed by atoms with van der Waals surface area (Å²) in [6, 6.07) is 0. The second kappa shape index (κ2) is 7.49. The van der Waals surface area contributed by atoms with E-state index in [4.69, 9.17) is 11.6 Å². The molecule has 0 heterocycles. The number of halogens is 1. The molecule has 0 aliphatic rings. The van der Waals surface area contributed by atoms with E-state index in [1.807, 2.05) is 0 Å². The maximum Gasteiger partial charge on any atom is 0.211 e. The third-order valence-corrected chi connectivity index (χ3v) is 3.58. The van der Waals surface area contributed by atoms with Crippen molar-refractivity contribution in [2.24, 2.45) is 5.92 Å². The summed E-state index contributed by atoms with van der Waals surface area (Å²) in [6.07, 6.45) is 2.28. The highest BCUT2D eigenvalue weighted by Crippen LogP contribution is 1.99. The van der Waals surface area contributed by atoms with E-state index in [-0.39, 0.29) is 5.75 Å². The molecular formula is C9H20ClNO2S. The quantitative estimate of drug-likeness (QED) is 0.522. The van der Waals surface area contributed by atoms with E-state index in [2.05, 4.69) is 18.6 Å². The van der Waals surface area contributed by atoms with Gasteiger partial charge in [-0.3, -0.25) is 0 Å². The van der Waals surface area contributed by atoms with Crippen LogP contribution < -0.4 is 4.72 Å². The van der Waals surface area contributed by atoms with Gasteiger partial charge in [-0.1, -0.05) is 13.8 Å². The maximum atomic E-state index is 11.3. The Hall–Kier alpha value is 0.200. The molecule has 0 radical (unpaired) electrons. The molecule has 1 N–H and O–H groups in total. The van der Waals surface area contributed by atoms with Crippen LogP contribution in [0.4, 0.5) is 0 Å². The molecule has 0 saturated heterocycles. The molecule has 5 heteroatoms. The number of hydrogen-bond donors (Lipinski definition) is 1. The number of rotatable bonds is 8. The first-order valence-electron chi connectivity index (χ1n) is 5.01.